The Bertz CT molecular complexity index is 483. The van der Waals surface area contributed by atoms with Gasteiger partial charge in [0.05, 0.1) is 17.8 Å². The predicted molar refractivity (Wildman–Crippen MR) is 62.4 cm³/mol. The molecule has 1 rings (SSSR count). The summed E-state index contributed by atoms with van der Waals surface area (Å²) in [5, 5.41) is 13.3. The summed E-state index contributed by atoms with van der Waals surface area (Å²) in [5.74, 6) is 0. The zero-order chi connectivity index (χ0) is 12.9. The van der Waals surface area contributed by atoms with Crippen molar-refractivity contribution in [2.45, 2.75) is 0 Å². The summed E-state index contributed by atoms with van der Waals surface area (Å²) < 4.78 is 25.8. The molecule has 0 amide bonds. The Morgan fingerprint density at radius 2 is 1.94 bits per heavy atom. The van der Waals surface area contributed by atoms with E-state index in [1.165, 1.54) is 12.1 Å². The number of hydrogen-bond acceptors (Lipinski definition) is 6. The van der Waals surface area contributed by atoms with Crippen molar-refractivity contribution in [2.75, 3.05) is 24.7 Å². The first-order valence-corrected chi connectivity index (χ1v) is 6.53. The number of benzene rings is 1. The first-order chi connectivity index (χ1) is 7.88. The average Bonchev–Trinajstić information content (AvgIpc) is 2.24. The molecule has 0 aromatic heterocycles. The average molecular weight is 260 g/mol. The topological polar surface area (TPSA) is 98.5 Å². The van der Waals surface area contributed by atoms with Gasteiger partial charge in [-0.2, -0.15) is 8.42 Å². The highest BCUT2D eigenvalue weighted by molar-refractivity contribution is 7.85. The molecule has 1 N–H and O–H groups in total. The van der Waals surface area contributed by atoms with Gasteiger partial charge in [0.15, 0.2) is 0 Å². The van der Waals surface area contributed by atoms with Gasteiger partial charge >= 0.3 is 0 Å². The molecule has 7 nitrogen and oxygen atoms in total. The van der Waals surface area contributed by atoms with E-state index in [0.29, 0.717) is 12.2 Å². The lowest BCUT2D eigenvalue weighted by atomic mass is 10.3. The molecule has 8 heteroatoms. The second kappa shape index (κ2) is 5.60. The van der Waals surface area contributed by atoms with Crippen LogP contribution in [0.25, 0.3) is 0 Å². The number of nitro groups is 1. The minimum Gasteiger partial charge on any atom is -0.383 e. The van der Waals surface area contributed by atoms with Gasteiger partial charge in [-0.05, 0) is 12.1 Å². The van der Waals surface area contributed by atoms with E-state index in [2.05, 4.69) is 9.50 Å². The van der Waals surface area contributed by atoms with Gasteiger partial charge in [-0.25, -0.2) is 0 Å². The molecule has 0 bridgehead atoms. The van der Waals surface area contributed by atoms with E-state index in [4.69, 9.17) is 0 Å². The van der Waals surface area contributed by atoms with Gasteiger partial charge in [-0.15, -0.1) is 0 Å². The van der Waals surface area contributed by atoms with Crippen LogP contribution in [0.4, 0.5) is 11.4 Å². The summed E-state index contributed by atoms with van der Waals surface area (Å²) in [6.45, 7) is 0.306. The Balaban J connectivity index is 2.40. The maximum Gasteiger partial charge on any atom is 0.269 e. The Morgan fingerprint density at radius 3 is 2.41 bits per heavy atom. The largest absolute Gasteiger partial charge is 0.383 e. The molecule has 0 unspecified atom stereocenters. The Kier molecular flexibility index (Phi) is 4.41. The van der Waals surface area contributed by atoms with Crippen LogP contribution in [-0.2, 0) is 14.3 Å². The van der Waals surface area contributed by atoms with Crippen LogP contribution in [0.1, 0.15) is 0 Å². The van der Waals surface area contributed by atoms with E-state index >= 15 is 0 Å². The number of hydrogen-bond donors (Lipinski definition) is 1. The lowest BCUT2D eigenvalue weighted by Gasteiger charge is -2.05. The fraction of sp³-hybridized carbons (Fsp3) is 0.333. The molecule has 1 aromatic rings. The third-order valence-electron chi connectivity index (χ3n) is 1.81. The minimum absolute atomic E-state index is 0.00272. The highest BCUT2D eigenvalue weighted by Gasteiger charge is 2.04. The third kappa shape index (κ3) is 5.27. The van der Waals surface area contributed by atoms with Gasteiger partial charge in [0.1, 0.15) is 0 Å². The van der Waals surface area contributed by atoms with Gasteiger partial charge in [-0.1, -0.05) is 0 Å². The number of nitrogens with zero attached hydrogens (tertiary/aromatic N) is 1. The van der Waals surface area contributed by atoms with E-state index < -0.39 is 15.0 Å². The maximum absolute atomic E-state index is 10.6. The molecule has 0 saturated heterocycles. The summed E-state index contributed by atoms with van der Waals surface area (Å²) in [6.07, 6.45) is 0.971. The number of nitro benzene ring substituents is 1. The Morgan fingerprint density at radius 1 is 1.35 bits per heavy atom. The van der Waals surface area contributed by atoms with Crippen LogP contribution in [0, 0.1) is 10.1 Å². The molecule has 0 heterocycles. The highest BCUT2D eigenvalue weighted by atomic mass is 32.2. The predicted octanol–water partition coefficient (Wildman–Crippen LogP) is 0.983. The van der Waals surface area contributed by atoms with Crippen molar-refractivity contribution in [1.82, 2.24) is 0 Å². The van der Waals surface area contributed by atoms with Crippen LogP contribution in [0.2, 0.25) is 0 Å². The Labute approximate surface area is 98.7 Å². The molecule has 17 heavy (non-hydrogen) atoms. The van der Waals surface area contributed by atoms with E-state index in [1.54, 1.807) is 12.1 Å². The monoisotopic (exact) mass is 260 g/mol. The second-order valence-corrected chi connectivity index (χ2v) is 4.90. The van der Waals surface area contributed by atoms with Crippen molar-refractivity contribution in [3.05, 3.63) is 34.4 Å². The number of nitrogens with one attached hydrogen (secondary N) is 1. The van der Waals surface area contributed by atoms with Crippen LogP contribution in [0.3, 0.4) is 0 Å². The molecular formula is C9H12N2O5S. The quantitative estimate of drug-likeness (QED) is 0.354. The molecule has 0 atom stereocenters. The molecule has 0 aliphatic heterocycles. The summed E-state index contributed by atoms with van der Waals surface area (Å²) in [6, 6.07) is 5.80. The third-order valence-corrected chi connectivity index (χ3v) is 2.40. The molecule has 0 spiro atoms. The smallest absolute Gasteiger partial charge is 0.269 e. The summed E-state index contributed by atoms with van der Waals surface area (Å²) >= 11 is 0. The summed E-state index contributed by atoms with van der Waals surface area (Å²) in [5.41, 5.74) is 0.663. The zero-order valence-electron chi connectivity index (χ0n) is 9.12. The van der Waals surface area contributed by atoms with Gasteiger partial charge < -0.3 is 5.32 Å². The minimum atomic E-state index is -3.43. The molecule has 0 radical (unpaired) electrons. The SMILES string of the molecule is CS(=O)(=O)OCCNc1ccc([N+](=O)[O-])cc1. The zero-order valence-corrected chi connectivity index (χ0v) is 9.94. The normalized spacial score (nSPS) is 11.1. The number of anilines is 1. The van der Waals surface area contributed by atoms with Crippen molar-refractivity contribution < 1.29 is 17.5 Å². The van der Waals surface area contributed by atoms with Crippen molar-refractivity contribution >= 4 is 21.5 Å². The number of non-ortho nitro benzene ring substituents is 1. The van der Waals surface area contributed by atoms with Crippen LogP contribution in [0.5, 0.6) is 0 Å². The fourth-order valence-corrected chi connectivity index (χ4v) is 1.48. The molecule has 0 aliphatic rings. The van der Waals surface area contributed by atoms with Gasteiger partial charge in [0.2, 0.25) is 0 Å². The summed E-state index contributed by atoms with van der Waals surface area (Å²) in [7, 11) is -3.43. The standard InChI is InChI=1S/C9H12N2O5S/c1-17(14,15)16-7-6-10-8-2-4-9(5-3-8)11(12)13/h2-5,10H,6-7H2,1H3. The van der Waals surface area contributed by atoms with Crippen molar-refractivity contribution in [3.63, 3.8) is 0 Å². The fourth-order valence-electron chi connectivity index (χ4n) is 1.09. The van der Waals surface area contributed by atoms with Crippen LogP contribution in [-0.4, -0.2) is 32.7 Å². The summed E-state index contributed by atoms with van der Waals surface area (Å²) in [4.78, 5) is 9.89. The molecule has 94 valence electrons. The van der Waals surface area contributed by atoms with Gasteiger partial charge in [0, 0.05) is 24.4 Å². The lowest BCUT2D eigenvalue weighted by molar-refractivity contribution is -0.384. The molecular weight excluding hydrogens is 248 g/mol. The first-order valence-electron chi connectivity index (χ1n) is 4.71. The van der Waals surface area contributed by atoms with Crippen LogP contribution >= 0.6 is 0 Å². The van der Waals surface area contributed by atoms with E-state index in [9.17, 15) is 18.5 Å². The van der Waals surface area contributed by atoms with E-state index in [0.717, 1.165) is 6.26 Å². The highest BCUT2D eigenvalue weighted by Crippen LogP contribution is 2.14. The van der Waals surface area contributed by atoms with Crippen molar-refractivity contribution in [2.24, 2.45) is 0 Å². The molecule has 0 aliphatic carbocycles. The lowest BCUT2D eigenvalue weighted by Crippen LogP contribution is -2.12. The van der Waals surface area contributed by atoms with Gasteiger partial charge in [0.25, 0.3) is 15.8 Å². The molecule has 0 saturated carbocycles. The number of rotatable bonds is 6. The van der Waals surface area contributed by atoms with Gasteiger partial charge in [-0.3, -0.25) is 14.3 Å². The second-order valence-electron chi connectivity index (χ2n) is 3.26. The molecule has 0 fully saturated rings. The Hall–Kier alpha value is -1.67. The van der Waals surface area contributed by atoms with Crippen LogP contribution in [0.15, 0.2) is 24.3 Å². The maximum atomic E-state index is 10.6. The van der Waals surface area contributed by atoms with Crippen LogP contribution < -0.4 is 5.32 Å². The first kappa shape index (κ1) is 13.4. The van der Waals surface area contributed by atoms with E-state index in [1.807, 2.05) is 0 Å². The van der Waals surface area contributed by atoms with Crippen molar-refractivity contribution in [3.8, 4) is 0 Å². The molecule has 1 aromatic carbocycles. The van der Waals surface area contributed by atoms with Crippen molar-refractivity contribution in [1.29, 1.82) is 0 Å². The van der Waals surface area contributed by atoms with E-state index in [-0.39, 0.29) is 12.3 Å².